The van der Waals surface area contributed by atoms with Gasteiger partial charge in [0.2, 0.25) is 0 Å². The fourth-order valence-electron chi connectivity index (χ4n) is 0.392. The Bertz CT molecular complexity index is 76.8. The molecule has 0 N–H and O–H groups in total. The molecule has 0 aromatic heterocycles. The normalized spacial score (nSPS) is 11.7. The summed E-state index contributed by atoms with van der Waals surface area (Å²) in [6.45, 7) is 3.77. The van der Waals surface area contributed by atoms with Crippen LogP contribution in [0, 0.1) is 0 Å². The number of rotatable bonds is 2. The molecule has 0 aliphatic carbocycles. The number of halogens is 3. The van der Waals surface area contributed by atoms with Crippen molar-refractivity contribution in [2.45, 2.75) is 31.7 Å². The van der Waals surface area contributed by atoms with Gasteiger partial charge in [-0.25, -0.2) is 0 Å². The zero-order valence-electron chi connectivity index (χ0n) is 5.55. The lowest BCUT2D eigenvalue weighted by molar-refractivity contribution is -0.130. The van der Waals surface area contributed by atoms with E-state index in [1.165, 1.54) is 0 Å². The van der Waals surface area contributed by atoms with Crippen LogP contribution in [0.2, 0.25) is 19.1 Å². The second-order valence-corrected chi connectivity index (χ2v) is 5.24. The van der Waals surface area contributed by atoms with Gasteiger partial charge in [0.1, 0.15) is 0 Å². The smallest absolute Gasteiger partial charge is 0.171 e. The molecular weight excluding hydrogens is 145 g/mol. The van der Waals surface area contributed by atoms with Gasteiger partial charge in [0.05, 0.1) is 25.6 Å². The summed E-state index contributed by atoms with van der Waals surface area (Å²) in [6.07, 6.45) is -4.55. The van der Waals surface area contributed by atoms with E-state index in [2.05, 4.69) is 0 Å². The van der Waals surface area contributed by atoms with E-state index >= 15 is 0 Å². The molecule has 0 nitrogen and oxygen atoms in total. The molecule has 0 heterocycles. The topological polar surface area (TPSA) is 0 Å². The van der Waals surface area contributed by atoms with Crippen molar-refractivity contribution < 1.29 is 13.2 Å². The fourth-order valence-corrected chi connectivity index (χ4v) is 1.18. The first-order valence-corrected chi connectivity index (χ1v) is 5.48. The third-order valence-electron chi connectivity index (χ3n) is 0.908. The highest BCUT2D eigenvalue weighted by molar-refractivity contribution is 6.55. The van der Waals surface area contributed by atoms with Gasteiger partial charge < -0.3 is 0 Å². The van der Waals surface area contributed by atoms with E-state index in [0.717, 1.165) is 0 Å². The summed E-state index contributed by atoms with van der Waals surface area (Å²) in [5.74, 6) is 0. The van der Waals surface area contributed by atoms with Crippen LogP contribution in [0.1, 0.15) is 6.42 Å². The minimum Gasteiger partial charge on any atom is -0.171 e. The summed E-state index contributed by atoms with van der Waals surface area (Å²) in [7, 11) is -0.688. The standard InChI is InChI=1S/C5H10F3Si/c1-9(2)4-3-5(6,7)8/h3-4H2,1-2H3/q+1. The Morgan fingerprint density at radius 3 is 1.78 bits per heavy atom. The molecule has 0 saturated carbocycles. The van der Waals surface area contributed by atoms with Crippen LogP contribution in [-0.2, 0) is 0 Å². The molecule has 0 radical (unpaired) electrons. The van der Waals surface area contributed by atoms with E-state index in [-0.39, 0.29) is 0 Å². The fraction of sp³-hybridized carbons (Fsp3) is 1.00. The summed E-state index contributed by atoms with van der Waals surface area (Å²) in [6, 6.07) is 0.341. The Hall–Kier alpha value is 0.00688. The SMILES string of the molecule is C[Si+](C)CCC(F)(F)F. The summed E-state index contributed by atoms with van der Waals surface area (Å²) < 4.78 is 34.3. The van der Waals surface area contributed by atoms with Gasteiger partial charge in [-0.15, -0.1) is 0 Å². The lowest BCUT2D eigenvalue weighted by Crippen LogP contribution is -2.11. The Balaban J connectivity index is 3.28. The molecule has 4 heteroatoms. The van der Waals surface area contributed by atoms with Crippen LogP contribution in [0.5, 0.6) is 0 Å². The summed E-state index contributed by atoms with van der Waals surface area (Å²) in [4.78, 5) is 0. The average Bonchev–Trinajstić information content (AvgIpc) is 1.59. The van der Waals surface area contributed by atoms with Crippen LogP contribution in [0.25, 0.3) is 0 Å². The number of hydrogen-bond donors (Lipinski definition) is 0. The first-order chi connectivity index (χ1) is 3.92. The molecule has 0 aliphatic heterocycles. The first-order valence-electron chi connectivity index (χ1n) is 2.77. The molecule has 0 saturated heterocycles. The molecule has 0 unspecified atom stereocenters. The molecule has 9 heavy (non-hydrogen) atoms. The number of hydrogen-bond acceptors (Lipinski definition) is 0. The maximum atomic E-state index is 11.4. The molecular formula is C5H10F3Si+. The zero-order valence-corrected chi connectivity index (χ0v) is 6.55. The summed E-state index contributed by atoms with van der Waals surface area (Å²) in [5.41, 5.74) is 0. The maximum absolute atomic E-state index is 11.4. The van der Waals surface area contributed by atoms with Crippen molar-refractivity contribution in [3.63, 3.8) is 0 Å². The van der Waals surface area contributed by atoms with Crippen molar-refractivity contribution in [3.05, 3.63) is 0 Å². The average molecular weight is 155 g/mol. The molecule has 54 valence electrons. The van der Waals surface area contributed by atoms with Crippen LogP contribution < -0.4 is 0 Å². The van der Waals surface area contributed by atoms with Gasteiger partial charge >= 0.3 is 15.0 Å². The minimum absolute atomic E-state index is 0.341. The van der Waals surface area contributed by atoms with E-state index in [1.807, 2.05) is 13.1 Å². The summed E-state index contributed by atoms with van der Waals surface area (Å²) in [5, 5.41) is 0. The van der Waals surface area contributed by atoms with Crippen LogP contribution in [0.15, 0.2) is 0 Å². The van der Waals surface area contributed by atoms with E-state index in [9.17, 15) is 13.2 Å². The molecule has 0 aromatic carbocycles. The molecule has 0 spiro atoms. The predicted molar refractivity (Wildman–Crippen MR) is 33.0 cm³/mol. The van der Waals surface area contributed by atoms with Crippen molar-refractivity contribution in [2.24, 2.45) is 0 Å². The molecule has 0 bridgehead atoms. The first kappa shape index (κ1) is 9.01. The molecule has 0 amide bonds. The van der Waals surface area contributed by atoms with E-state index < -0.39 is 21.4 Å². The minimum atomic E-state index is -3.94. The Labute approximate surface area is 54.7 Å². The monoisotopic (exact) mass is 155 g/mol. The molecule has 0 fully saturated rings. The third kappa shape index (κ3) is 8.01. The van der Waals surface area contributed by atoms with Crippen molar-refractivity contribution in [3.8, 4) is 0 Å². The predicted octanol–water partition coefficient (Wildman–Crippen LogP) is 2.69. The van der Waals surface area contributed by atoms with Crippen molar-refractivity contribution in [1.82, 2.24) is 0 Å². The highest BCUT2D eigenvalue weighted by atomic mass is 28.3. The Kier molecular flexibility index (Phi) is 3.25. The highest BCUT2D eigenvalue weighted by Gasteiger charge is 2.30. The molecule has 0 atom stereocenters. The quantitative estimate of drug-likeness (QED) is 0.538. The van der Waals surface area contributed by atoms with Crippen molar-refractivity contribution in [2.75, 3.05) is 0 Å². The van der Waals surface area contributed by atoms with Crippen LogP contribution in [0.3, 0.4) is 0 Å². The lowest BCUT2D eigenvalue weighted by atomic mass is 10.5. The van der Waals surface area contributed by atoms with Gasteiger partial charge in [0.15, 0.2) is 0 Å². The van der Waals surface area contributed by atoms with Crippen LogP contribution in [-0.4, -0.2) is 15.0 Å². The highest BCUT2D eigenvalue weighted by Crippen LogP contribution is 2.22. The molecule has 0 rings (SSSR count). The Morgan fingerprint density at radius 1 is 1.22 bits per heavy atom. The van der Waals surface area contributed by atoms with E-state index in [4.69, 9.17) is 0 Å². The second kappa shape index (κ2) is 3.24. The molecule has 0 aromatic rings. The van der Waals surface area contributed by atoms with E-state index in [0.29, 0.717) is 6.04 Å². The van der Waals surface area contributed by atoms with Gasteiger partial charge in [-0.05, 0) is 0 Å². The van der Waals surface area contributed by atoms with Gasteiger partial charge in [0, 0.05) is 0 Å². The Morgan fingerprint density at radius 2 is 1.67 bits per heavy atom. The van der Waals surface area contributed by atoms with Gasteiger partial charge in [-0.3, -0.25) is 0 Å². The van der Waals surface area contributed by atoms with E-state index in [1.54, 1.807) is 0 Å². The van der Waals surface area contributed by atoms with Crippen molar-refractivity contribution >= 4 is 8.80 Å². The second-order valence-electron chi connectivity index (χ2n) is 2.32. The van der Waals surface area contributed by atoms with Gasteiger partial charge in [-0.2, -0.15) is 13.2 Å². The number of alkyl halides is 3. The zero-order chi connectivity index (χ0) is 7.49. The van der Waals surface area contributed by atoms with Crippen molar-refractivity contribution in [1.29, 1.82) is 0 Å². The lowest BCUT2D eigenvalue weighted by Gasteiger charge is -2.00. The van der Waals surface area contributed by atoms with Gasteiger partial charge in [-0.1, -0.05) is 0 Å². The van der Waals surface area contributed by atoms with Crippen LogP contribution >= 0.6 is 0 Å². The van der Waals surface area contributed by atoms with Gasteiger partial charge in [0.25, 0.3) is 0 Å². The maximum Gasteiger partial charge on any atom is 0.391 e. The van der Waals surface area contributed by atoms with Crippen LogP contribution in [0.4, 0.5) is 13.2 Å². The summed E-state index contributed by atoms with van der Waals surface area (Å²) >= 11 is 0. The molecule has 0 aliphatic rings. The third-order valence-corrected chi connectivity index (χ3v) is 2.16. The largest absolute Gasteiger partial charge is 0.391 e.